The van der Waals surface area contributed by atoms with Crippen molar-refractivity contribution in [3.8, 4) is 0 Å². The predicted molar refractivity (Wildman–Crippen MR) is 122 cm³/mol. The molecule has 1 aromatic carbocycles. The Labute approximate surface area is 183 Å². The molecular weight excluding hydrogens is 396 g/mol. The fourth-order valence-electron chi connectivity index (χ4n) is 3.62. The van der Waals surface area contributed by atoms with Crippen LogP contribution in [0.4, 0.5) is 0 Å². The van der Waals surface area contributed by atoms with E-state index in [1.165, 1.54) is 10.4 Å². The number of thiophene rings is 1. The van der Waals surface area contributed by atoms with Crippen molar-refractivity contribution in [1.82, 2.24) is 20.4 Å². The minimum absolute atomic E-state index is 0.00979. The lowest BCUT2D eigenvalue weighted by Gasteiger charge is -2.34. The van der Waals surface area contributed by atoms with Crippen LogP contribution in [0.1, 0.15) is 35.9 Å². The number of carbonyl (C=O) groups excluding carboxylic acids is 2. The van der Waals surface area contributed by atoms with E-state index in [2.05, 4.69) is 58.2 Å². The summed E-state index contributed by atoms with van der Waals surface area (Å²) in [7, 11) is 0. The van der Waals surface area contributed by atoms with Crippen molar-refractivity contribution in [2.45, 2.75) is 32.9 Å². The Morgan fingerprint density at radius 2 is 1.77 bits per heavy atom. The van der Waals surface area contributed by atoms with Gasteiger partial charge in [-0.1, -0.05) is 35.9 Å². The molecule has 6 nitrogen and oxygen atoms in total. The van der Waals surface area contributed by atoms with Crippen LogP contribution < -0.4 is 10.6 Å². The van der Waals surface area contributed by atoms with Crippen LogP contribution in [-0.4, -0.2) is 66.9 Å². The summed E-state index contributed by atoms with van der Waals surface area (Å²) >= 11 is 1.70. The van der Waals surface area contributed by atoms with Crippen molar-refractivity contribution in [2.24, 2.45) is 0 Å². The molecule has 0 spiro atoms. The van der Waals surface area contributed by atoms with E-state index in [0.29, 0.717) is 26.2 Å². The summed E-state index contributed by atoms with van der Waals surface area (Å²) in [5.41, 5.74) is 2.39. The number of amides is 2. The highest BCUT2D eigenvalue weighted by atomic mass is 32.1. The smallest absolute Gasteiger partial charge is 0.236 e. The SMILES string of the molecule is Cc1ccc([C@@H](NCC(=O)N2CCN(CC(=O)NC(C)C)CC2)c2cccs2)cc1. The van der Waals surface area contributed by atoms with E-state index in [1.54, 1.807) is 11.3 Å². The number of nitrogens with one attached hydrogen (secondary N) is 2. The molecule has 2 amide bonds. The summed E-state index contributed by atoms with van der Waals surface area (Å²) in [5.74, 6) is 0.151. The van der Waals surface area contributed by atoms with Crippen LogP contribution in [0.5, 0.6) is 0 Å². The molecule has 0 bridgehead atoms. The molecular formula is C23H32N4O2S. The van der Waals surface area contributed by atoms with Crippen LogP contribution in [0, 0.1) is 6.92 Å². The van der Waals surface area contributed by atoms with Crippen LogP contribution in [0.2, 0.25) is 0 Å². The maximum Gasteiger partial charge on any atom is 0.236 e. The van der Waals surface area contributed by atoms with Crippen molar-refractivity contribution in [3.05, 3.63) is 57.8 Å². The highest BCUT2D eigenvalue weighted by Gasteiger charge is 2.24. The van der Waals surface area contributed by atoms with Crippen molar-refractivity contribution in [3.63, 3.8) is 0 Å². The summed E-state index contributed by atoms with van der Waals surface area (Å²) in [6.45, 7) is 9.45. The van der Waals surface area contributed by atoms with Gasteiger partial charge >= 0.3 is 0 Å². The molecule has 2 aromatic rings. The standard InChI is InChI=1S/C23H32N4O2S/c1-17(2)25-21(28)16-26-10-12-27(13-11-26)22(29)15-24-23(20-5-4-14-30-20)19-8-6-18(3)7-9-19/h4-9,14,17,23-24H,10-13,15-16H2,1-3H3,(H,25,28)/t23-/m1/s1. The number of carbonyl (C=O) groups is 2. The fraction of sp³-hybridized carbons (Fsp3) is 0.478. The molecule has 1 aliphatic rings. The van der Waals surface area contributed by atoms with Gasteiger partial charge in [-0.3, -0.25) is 19.8 Å². The summed E-state index contributed by atoms with van der Waals surface area (Å²) in [6.07, 6.45) is 0. The van der Waals surface area contributed by atoms with Gasteiger partial charge < -0.3 is 10.2 Å². The first kappa shape index (κ1) is 22.5. The molecule has 2 N–H and O–H groups in total. The zero-order valence-corrected chi connectivity index (χ0v) is 18.9. The molecule has 1 aliphatic heterocycles. The molecule has 162 valence electrons. The molecule has 1 fully saturated rings. The predicted octanol–water partition coefficient (Wildman–Crippen LogP) is 2.40. The number of aryl methyl sites for hydroxylation is 1. The number of nitrogens with zero attached hydrogens (tertiary/aromatic N) is 2. The van der Waals surface area contributed by atoms with Gasteiger partial charge in [-0.2, -0.15) is 0 Å². The largest absolute Gasteiger partial charge is 0.353 e. The van der Waals surface area contributed by atoms with Gasteiger partial charge in [0.05, 0.1) is 19.1 Å². The zero-order chi connectivity index (χ0) is 21.5. The highest BCUT2D eigenvalue weighted by molar-refractivity contribution is 7.10. The van der Waals surface area contributed by atoms with E-state index in [4.69, 9.17) is 0 Å². The van der Waals surface area contributed by atoms with E-state index < -0.39 is 0 Å². The van der Waals surface area contributed by atoms with Crippen molar-refractivity contribution in [1.29, 1.82) is 0 Å². The van der Waals surface area contributed by atoms with Gasteiger partial charge in [-0.05, 0) is 37.8 Å². The zero-order valence-electron chi connectivity index (χ0n) is 18.1. The van der Waals surface area contributed by atoms with E-state index in [9.17, 15) is 9.59 Å². The molecule has 0 unspecified atom stereocenters. The first-order valence-corrected chi connectivity index (χ1v) is 11.4. The maximum absolute atomic E-state index is 12.8. The number of piperazine rings is 1. The third-order valence-corrected chi connectivity index (χ3v) is 6.17. The van der Waals surface area contributed by atoms with Crippen molar-refractivity contribution < 1.29 is 9.59 Å². The second kappa shape index (κ2) is 10.7. The van der Waals surface area contributed by atoms with Gasteiger partial charge in [-0.15, -0.1) is 11.3 Å². The Hall–Kier alpha value is -2.22. The Morgan fingerprint density at radius 1 is 1.07 bits per heavy atom. The van der Waals surface area contributed by atoms with E-state index in [-0.39, 0.29) is 23.9 Å². The normalized spacial score (nSPS) is 15.9. The lowest BCUT2D eigenvalue weighted by molar-refractivity contribution is -0.132. The Bertz CT molecular complexity index is 812. The first-order valence-electron chi connectivity index (χ1n) is 10.5. The van der Waals surface area contributed by atoms with E-state index >= 15 is 0 Å². The number of benzene rings is 1. The minimum Gasteiger partial charge on any atom is -0.353 e. The van der Waals surface area contributed by atoms with Crippen LogP contribution >= 0.6 is 11.3 Å². The third kappa shape index (κ3) is 6.39. The summed E-state index contributed by atoms with van der Waals surface area (Å²) < 4.78 is 0. The Balaban J connectivity index is 1.51. The number of hydrogen-bond acceptors (Lipinski definition) is 5. The second-order valence-electron chi connectivity index (χ2n) is 8.12. The van der Waals surface area contributed by atoms with Gasteiger partial charge in [0.25, 0.3) is 0 Å². The topological polar surface area (TPSA) is 64.7 Å². The maximum atomic E-state index is 12.8. The summed E-state index contributed by atoms with van der Waals surface area (Å²) in [5, 5.41) is 8.44. The van der Waals surface area contributed by atoms with Crippen LogP contribution in [-0.2, 0) is 9.59 Å². The molecule has 0 aliphatic carbocycles. The van der Waals surface area contributed by atoms with Gasteiger partial charge in [0.15, 0.2) is 0 Å². The summed E-state index contributed by atoms with van der Waals surface area (Å²) in [4.78, 5) is 29.9. The van der Waals surface area contributed by atoms with E-state index in [1.807, 2.05) is 24.8 Å². The Kier molecular flexibility index (Phi) is 8.01. The third-order valence-electron chi connectivity index (χ3n) is 5.24. The Morgan fingerprint density at radius 3 is 2.37 bits per heavy atom. The first-order chi connectivity index (χ1) is 14.4. The van der Waals surface area contributed by atoms with Crippen LogP contribution in [0.15, 0.2) is 41.8 Å². The molecule has 0 saturated carbocycles. The molecule has 1 atom stereocenters. The molecule has 2 heterocycles. The molecule has 1 aromatic heterocycles. The molecule has 1 saturated heterocycles. The van der Waals surface area contributed by atoms with Crippen molar-refractivity contribution >= 4 is 23.2 Å². The van der Waals surface area contributed by atoms with E-state index in [0.717, 1.165) is 18.7 Å². The quantitative estimate of drug-likeness (QED) is 0.678. The fourth-order valence-corrected chi connectivity index (χ4v) is 4.45. The molecule has 30 heavy (non-hydrogen) atoms. The van der Waals surface area contributed by atoms with Gasteiger partial charge in [-0.25, -0.2) is 0 Å². The minimum atomic E-state index is 0.00979. The lowest BCUT2D eigenvalue weighted by Crippen LogP contribution is -2.53. The molecule has 0 radical (unpaired) electrons. The van der Waals surface area contributed by atoms with Gasteiger partial charge in [0, 0.05) is 37.1 Å². The molecule has 7 heteroatoms. The monoisotopic (exact) mass is 428 g/mol. The lowest BCUT2D eigenvalue weighted by atomic mass is 10.0. The summed E-state index contributed by atoms with van der Waals surface area (Å²) in [6, 6.07) is 12.8. The average molecular weight is 429 g/mol. The second-order valence-corrected chi connectivity index (χ2v) is 9.10. The average Bonchev–Trinajstić information content (AvgIpc) is 3.23. The highest BCUT2D eigenvalue weighted by Crippen LogP contribution is 2.26. The van der Waals surface area contributed by atoms with Crippen molar-refractivity contribution in [2.75, 3.05) is 39.3 Å². The number of hydrogen-bond donors (Lipinski definition) is 2. The van der Waals surface area contributed by atoms with Gasteiger partial charge in [0.2, 0.25) is 11.8 Å². The number of rotatable bonds is 8. The van der Waals surface area contributed by atoms with Crippen LogP contribution in [0.3, 0.4) is 0 Å². The van der Waals surface area contributed by atoms with Crippen LogP contribution in [0.25, 0.3) is 0 Å². The molecule has 3 rings (SSSR count). The van der Waals surface area contributed by atoms with Gasteiger partial charge in [0.1, 0.15) is 0 Å².